The standard InChI is InChI=1S/C7H5ClO.Na.H/c8-7-3-1-6(5-9)2-4-7;;/h1-5H;;. The molecule has 48 valence electrons. The Labute approximate surface area is 86.7 Å². The molecule has 0 spiro atoms. The van der Waals surface area contributed by atoms with Crippen LogP contribution in [0, 0.1) is 0 Å². The van der Waals surface area contributed by atoms with Crippen LogP contribution in [0.1, 0.15) is 10.4 Å². The third-order valence-electron chi connectivity index (χ3n) is 1.01. The molecule has 0 N–H and O–H groups in total. The van der Waals surface area contributed by atoms with E-state index in [0.717, 1.165) is 6.29 Å². The van der Waals surface area contributed by atoms with Crippen LogP contribution in [-0.2, 0) is 0 Å². The van der Waals surface area contributed by atoms with Crippen LogP contribution in [0.5, 0.6) is 0 Å². The molecule has 1 rings (SSSR count). The number of halogens is 1. The van der Waals surface area contributed by atoms with E-state index < -0.39 is 0 Å². The Hall–Kier alpha value is 0.180. The van der Waals surface area contributed by atoms with Gasteiger partial charge in [-0.05, 0) is 12.1 Å². The molecule has 3 heteroatoms. The van der Waals surface area contributed by atoms with Crippen molar-refractivity contribution in [2.75, 3.05) is 0 Å². The molecule has 0 fully saturated rings. The predicted molar refractivity (Wildman–Crippen MR) is 44.0 cm³/mol. The van der Waals surface area contributed by atoms with E-state index in [0.29, 0.717) is 10.6 Å². The van der Waals surface area contributed by atoms with Gasteiger partial charge in [-0.3, -0.25) is 4.79 Å². The number of benzene rings is 1. The number of aldehydes is 1. The Morgan fingerprint density at radius 2 is 1.70 bits per heavy atom. The fraction of sp³-hybridized carbons (Fsp3) is 0. The molecule has 0 aromatic heterocycles. The molecule has 1 nitrogen and oxygen atoms in total. The third kappa shape index (κ3) is 2.84. The van der Waals surface area contributed by atoms with Crippen molar-refractivity contribution in [1.29, 1.82) is 0 Å². The number of hydrogen-bond donors (Lipinski definition) is 0. The SMILES string of the molecule is O=Cc1ccc(Cl)cc1.[NaH]. The number of carbonyl (C=O) groups is 1. The van der Waals surface area contributed by atoms with Crippen LogP contribution >= 0.6 is 11.6 Å². The Bertz CT molecular complexity index is 207. The minimum atomic E-state index is 0. The number of hydrogen-bond acceptors (Lipinski definition) is 1. The molecular formula is C7H6ClNaO. The zero-order valence-electron chi connectivity index (χ0n) is 4.67. The zero-order valence-corrected chi connectivity index (χ0v) is 5.43. The Kier molecular flexibility index (Phi) is 5.00. The number of carbonyl (C=O) groups excluding carboxylic acids is 1. The summed E-state index contributed by atoms with van der Waals surface area (Å²) in [5, 5.41) is 0.653. The Morgan fingerprint density at radius 1 is 1.20 bits per heavy atom. The fourth-order valence-electron chi connectivity index (χ4n) is 0.541. The molecule has 0 amide bonds. The van der Waals surface area contributed by atoms with Gasteiger partial charge in [-0.2, -0.15) is 0 Å². The normalized spacial score (nSPS) is 8.10. The summed E-state index contributed by atoms with van der Waals surface area (Å²) in [6.07, 6.45) is 0.788. The van der Waals surface area contributed by atoms with Crippen molar-refractivity contribution in [1.82, 2.24) is 0 Å². The Balaban J connectivity index is 0.000000810. The second kappa shape index (κ2) is 4.91. The van der Waals surface area contributed by atoms with Crippen molar-refractivity contribution < 1.29 is 4.79 Å². The first-order chi connectivity index (χ1) is 4.33. The molecule has 1 aromatic carbocycles. The first kappa shape index (κ1) is 10.2. The maximum atomic E-state index is 10.1. The van der Waals surface area contributed by atoms with Crippen LogP contribution in [-0.4, -0.2) is 35.8 Å². The zero-order chi connectivity index (χ0) is 6.69. The van der Waals surface area contributed by atoms with Gasteiger partial charge in [0.1, 0.15) is 6.29 Å². The average molecular weight is 165 g/mol. The summed E-state index contributed by atoms with van der Waals surface area (Å²) in [5.41, 5.74) is 0.652. The van der Waals surface area contributed by atoms with Gasteiger partial charge in [0.25, 0.3) is 0 Å². The summed E-state index contributed by atoms with van der Waals surface area (Å²) in [5.74, 6) is 0. The van der Waals surface area contributed by atoms with E-state index in [4.69, 9.17) is 11.6 Å². The first-order valence-corrected chi connectivity index (χ1v) is 2.91. The van der Waals surface area contributed by atoms with E-state index >= 15 is 0 Å². The van der Waals surface area contributed by atoms with Gasteiger partial charge >= 0.3 is 29.6 Å². The molecule has 0 saturated carbocycles. The summed E-state index contributed by atoms with van der Waals surface area (Å²) in [6.45, 7) is 0. The van der Waals surface area contributed by atoms with Gasteiger partial charge in [0, 0.05) is 10.6 Å². The van der Waals surface area contributed by atoms with Crippen LogP contribution < -0.4 is 0 Å². The molecule has 10 heavy (non-hydrogen) atoms. The molecule has 0 aliphatic heterocycles. The van der Waals surface area contributed by atoms with E-state index in [1.807, 2.05) is 0 Å². The van der Waals surface area contributed by atoms with Crippen molar-refractivity contribution in [3.63, 3.8) is 0 Å². The van der Waals surface area contributed by atoms with Gasteiger partial charge in [0.05, 0.1) is 0 Å². The van der Waals surface area contributed by atoms with Gasteiger partial charge in [-0.25, -0.2) is 0 Å². The molecule has 0 saturated heterocycles. The molecule has 0 atom stereocenters. The monoisotopic (exact) mass is 164 g/mol. The molecule has 0 aliphatic carbocycles. The van der Waals surface area contributed by atoms with Crippen LogP contribution in [0.15, 0.2) is 24.3 Å². The first-order valence-electron chi connectivity index (χ1n) is 2.53. The van der Waals surface area contributed by atoms with Crippen molar-refractivity contribution in [3.8, 4) is 0 Å². The van der Waals surface area contributed by atoms with Crippen molar-refractivity contribution in [3.05, 3.63) is 34.9 Å². The van der Waals surface area contributed by atoms with Gasteiger partial charge in [0.2, 0.25) is 0 Å². The molecule has 0 aliphatic rings. The van der Waals surface area contributed by atoms with Crippen LogP contribution in [0.25, 0.3) is 0 Å². The second-order valence-electron chi connectivity index (χ2n) is 1.67. The van der Waals surface area contributed by atoms with Gasteiger partial charge in [0.15, 0.2) is 0 Å². The predicted octanol–water partition coefficient (Wildman–Crippen LogP) is 1.50. The molecule has 0 heterocycles. The fourth-order valence-corrected chi connectivity index (χ4v) is 0.667. The van der Waals surface area contributed by atoms with E-state index in [9.17, 15) is 4.79 Å². The van der Waals surface area contributed by atoms with Crippen LogP contribution in [0.4, 0.5) is 0 Å². The van der Waals surface area contributed by atoms with Crippen molar-refractivity contribution in [2.45, 2.75) is 0 Å². The molecule has 0 unspecified atom stereocenters. The molecule has 1 aromatic rings. The van der Waals surface area contributed by atoms with Gasteiger partial charge < -0.3 is 0 Å². The van der Waals surface area contributed by atoms with Crippen LogP contribution in [0.2, 0.25) is 5.02 Å². The molecular weight excluding hydrogens is 159 g/mol. The van der Waals surface area contributed by atoms with E-state index in [2.05, 4.69) is 0 Å². The van der Waals surface area contributed by atoms with E-state index in [1.165, 1.54) is 0 Å². The summed E-state index contributed by atoms with van der Waals surface area (Å²) in [6, 6.07) is 6.72. The summed E-state index contributed by atoms with van der Waals surface area (Å²) < 4.78 is 0. The van der Waals surface area contributed by atoms with E-state index in [-0.39, 0.29) is 29.6 Å². The van der Waals surface area contributed by atoms with Crippen molar-refractivity contribution in [2.24, 2.45) is 0 Å². The van der Waals surface area contributed by atoms with Gasteiger partial charge in [-0.1, -0.05) is 23.7 Å². The van der Waals surface area contributed by atoms with Crippen LogP contribution in [0.3, 0.4) is 0 Å². The summed E-state index contributed by atoms with van der Waals surface area (Å²) >= 11 is 5.55. The average Bonchev–Trinajstić information content (AvgIpc) is 1.90. The second-order valence-corrected chi connectivity index (χ2v) is 2.11. The van der Waals surface area contributed by atoms with E-state index in [1.54, 1.807) is 24.3 Å². The topological polar surface area (TPSA) is 17.1 Å². The minimum absolute atomic E-state index is 0. The molecule has 0 radical (unpaired) electrons. The summed E-state index contributed by atoms with van der Waals surface area (Å²) in [7, 11) is 0. The van der Waals surface area contributed by atoms with Crippen molar-refractivity contribution >= 4 is 47.4 Å². The van der Waals surface area contributed by atoms with Gasteiger partial charge in [-0.15, -0.1) is 0 Å². The number of rotatable bonds is 1. The Morgan fingerprint density at radius 3 is 2.10 bits per heavy atom. The quantitative estimate of drug-likeness (QED) is 0.454. The summed E-state index contributed by atoms with van der Waals surface area (Å²) in [4.78, 5) is 10.1. The molecule has 0 bridgehead atoms. The maximum absolute atomic E-state index is 10.1. The third-order valence-corrected chi connectivity index (χ3v) is 1.26.